The topological polar surface area (TPSA) is 64.0 Å². The highest BCUT2D eigenvalue weighted by Gasteiger charge is 2.47. The van der Waals surface area contributed by atoms with Gasteiger partial charge in [-0.15, -0.1) is 0 Å². The van der Waals surface area contributed by atoms with Crippen LogP contribution in [0.2, 0.25) is 5.02 Å². The van der Waals surface area contributed by atoms with Crippen LogP contribution in [0.1, 0.15) is 36.5 Å². The van der Waals surface area contributed by atoms with Crippen molar-refractivity contribution in [1.82, 2.24) is 15.1 Å². The summed E-state index contributed by atoms with van der Waals surface area (Å²) in [4.78, 5) is 24.9. The number of halogens is 1. The number of hydrogen-bond donors (Lipinski definition) is 1. The highest BCUT2D eigenvalue weighted by atomic mass is 35.5. The molecule has 120 valence electrons. The van der Waals surface area contributed by atoms with Gasteiger partial charge >= 0.3 is 0 Å². The number of rotatable bonds is 2. The lowest BCUT2D eigenvalue weighted by molar-refractivity contribution is -0.125. The molecular weight excluding hydrogens is 314 g/mol. The fraction of sp³-hybridized carbons (Fsp3) is 0.353. The molecule has 1 aliphatic rings. The number of aryl methyl sites for hydroxylation is 2. The zero-order chi connectivity index (χ0) is 16.9. The van der Waals surface area contributed by atoms with Gasteiger partial charge in [-0.3, -0.25) is 9.59 Å². The van der Waals surface area contributed by atoms with Crippen molar-refractivity contribution < 1.29 is 9.59 Å². The monoisotopic (exact) mass is 331 g/mol. The Balaban J connectivity index is 2.08. The van der Waals surface area contributed by atoms with E-state index in [9.17, 15) is 9.59 Å². The predicted molar refractivity (Wildman–Crippen MR) is 88.0 cm³/mol. The lowest BCUT2D eigenvalue weighted by atomic mass is 9.84. The molecule has 1 aromatic heterocycles. The molecular formula is C17H18ClN3O2. The molecule has 3 rings (SSSR count). The van der Waals surface area contributed by atoms with Crippen LogP contribution >= 0.6 is 11.6 Å². The van der Waals surface area contributed by atoms with E-state index >= 15 is 0 Å². The zero-order valence-electron chi connectivity index (χ0n) is 13.5. The molecule has 0 aliphatic carbocycles. The molecule has 1 fully saturated rings. The number of aromatic nitrogens is 2. The van der Waals surface area contributed by atoms with Crippen molar-refractivity contribution >= 4 is 23.3 Å². The lowest BCUT2D eigenvalue weighted by Gasteiger charge is -2.18. The first-order chi connectivity index (χ1) is 10.7. The summed E-state index contributed by atoms with van der Waals surface area (Å²) in [5, 5.41) is 7.51. The van der Waals surface area contributed by atoms with Crippen molar-refractivity contribution in [2.45, 2.75) is 39.2 Å². The number of amides is 1. The molecule has 1 saturated heterocycles. The summed E-state index contributed by atoms with van der Waals surface area (Å²) >= 11 is 5.91. The van der Waals surface area contributed by atoms with Crippen molar-refractivity contribution in [3.05, 3.63) is 46.2 Å². The Morgan fingerprint density at radius 1 is 1.22 bits per heavy atom. The minimum absolute atomic E-state index is 0.0939. The van der Waals surface area contributed by atoms with E-state index in [1.54, 1.807) is 30.9 Å². The maximum absolute atomic E-state index is 12.6. The van der Waals surface area contributed by atoms with Gasteiger partial charge in [0.05, 0.1) is 22.4 Å². The number of nitrogens with one attached hydrogen (secondary N) is 1. The molecule has 1 aromatic carbocycles. The van der Waals surface area contributed by atoms with E-state index in [1.165, 1.54) is 0 Å². The van der Waals surface area contributed by atoms with Gasteiger partial charge in [-0.25, -0.2) is 4.68 Å². The van der Waals surface area contributed by atoms with Gasteiger partial charge in [0.2, 0.25) is 5.91 Å². The SMILES string of the molecule is Cc1cc(-n2cc(Cl)cn2)cc(C)c1C1C(=O)NC(C)(C)C1=O. The van der Waals surface area contributed by atoms with Gasteiger partial charge in [-0.05, 0) is 56.5 Å². The van der Waals surface area contributed by atoms with Crippen LogP contribution < -0.4 is 5.32 Å². The molecule has 1 unspecified atom stereocenters. The minimum atomic E-state index is -0.825. The van der Waals surface area contributed by atoms with Crippen LogP contribution in [0.5, 0.6) is 0 Å². The largest absolute Gasteiger partial charge is 0.343 e. The van der Waals surface area contributed by atoms with E-state index in [2.05, 4.69) is 10.4 Å². The number of carbonyl (C=O) groups is 2. The van der Waals surface area contributed by atoms with Crippen molar-refractivity contribution in [3.8, 4) is 5.69 Å². The number of hydrogen-bond acceptors (Lipinski definition) is 3. The van der Waals surface area contributed by atoms with Crippen LogP contribution in [0.4, 0.5) is 0 Å². The molecule has 2 heterocycles. The first-order valence-corrected chi connectivity index (χ1v) is 7.76. The standard InChI is InChI=1S/C17H18ClN3O2/c1-9-5-12(21-8-11(18)7-19-21)6-10(2)13(9)14-15(22)17(3,4)20-16(14)23/h5-8,14H,1-4H3,(H,20,23). The van der Waals surface area contributed by atoms with Crippen LogP contribution in [0.3, 0.4) is 0 Å². The quantitative estimate of drug-likeness (QED) is 0.860. The Hall–Kier alpha value is -2.14. The molecule has 0 bridgehead atoms. The normalized spacial score (nSPS) is 20.0. The number of benzene rings is 1. The van der Waals surface area contributed by atoms with Crippen LogP contribution in [-0.4, -0.2) is 27.0 Å². The average Bonchev–Trinajstić information content (AvgIpc) is 2.94. The Kier molecular flexibility index (Phi) is 3.56. The summed E-state index contributed by atoms with van der Waals surface area (Å²) in [5.41, 5.74) is 2.57. The van der Waals surface area contributed by atoms with Crippen LogP contribution in [0.25, 0.3) is 5.69 Å². The average molecular weight is 332 g/mol. The fourth-order valence-corrected chi connectivity index (χ4v) is 3.30. The Bertz CT molecular complexity index is 800. The number of Topliss-reactive ketones (excluding diaryl/α,β-unsaturated/α-hetero) is 1. The molecule has 0 radical (unpaired) electrons. The van der Waals surface area contributed by atoms with E-state index in [4.69, 9.17) is 11.6 Å². The second kappa shape index (κ2) is 5.20. The molecule has 2 aromatic rings. The first-order valence-electron chi connectivity index (χ1n) is 7.39. The molecule has 1 atom stereocenters. The molecule has 1 aliphatic heterocycles. The Morgan fingerprint density at radius 3 is 2.26 bits per heavy atom. The maximum atomic E-state index is 12.6. The van der Waals surface area contributed by atoms with Crippen molar-refractivity contribution in [1.29, 1.82) is 0 Å². The van der Waals surface area contributed by atoms with Crippen molar-refractivity contribution in [3.63, 3.8) is 0 Å². The summed E-state index contributed by atoms with van der Waals surface area (Å²) in [6, 6.07) is 3.83. The van der Waals surface area contributed by atoms with Crippen molar-refractivity contribution in [2.24, 2.45) is 0 Å². The summed E-state index contributed by atoms with van der Waals surface area (Å²) < 4.78 is 1.67. The molecule has 0 saturated carbocycles. The van der Waals surface area contributed by atoms with Crippen LogP contribution in [0, 0.1) is 13.8 Å². The highest BCUT2D eigenvalue weighted by Crippen LogP contribution is 2.34. The highest BCUT2D eigenvalue weighted by molar-refractivity contribution is 6.30. The summed E-state index contributed by atoms with van der Waals surface area (Å²) in [7, 11) is 0. The molecule has 5 nitrogen and oxygen atoms in total. The minimum Gasteiger partial charge on any atom is -0.343 e. The lowest BCUT2D eigenvalue weighted by Crippen LogP contribution is -2.39. The molecule has 1 N–H and O–H groups in total. The number of carbonyl (C=O) groups excluding carboxylic acids is 2. The summed E-state index contributed by atoms with van der Waals surface area (Å²) in [6.07, 6.45) is 3.28. The first kappa shape index (κ1) is 15.7. The van der Waals surface area contributed by atoms with Gasteiger partial charge in [0.15, 0.2) is 5.78 Å². The fourth-order valence-electron chi connectivity index (χ4n) is 3.17. The van der Waals surface area contributed by atoms with Crippen LogP contribution in [-0.2, 0) is 9.59 Å². The maximum Gasteiger partial charge on any atom is 0.235 e. The summed E-state index contributed by atoms with van der Waals surface area (Å²) in [6.45, 7) is 7.28. The predicted octanol–water partition coefficient (Wildman–Crippen LogP) is 2.70. The van der Waals surface area contributed by atoms with Gasteiger partial charge in [0.1, 0.15) is 5.92 Å². The summed E-state index contributed by atoms with van der Waals surface area (Å²) in [5.74, 6) is -1.08. The molecule has 6 heteroatoms. The van der Waals surface area contributed by atoms with Gasteiger partial charge in [-0.1, -0.05) is 11.6 Å². The Labute approximate surface area is 139 Å². The van der Waals surface area contributed by atoms with E-state index in [0.29, 0.717) is 5.02 Å². The van der Waals surface area contributed by atoms with Crippen LogP contribution in [0.15, 0.2) is 24.5 Å². The van der Waals surface area contributed by atoms with E-state index in [0.717, 1.165) is 22.4 Å². The second-order valence-corrected chi connectivity index (χ2v) is 6.94. The van der Waals surface area contributed by atoms with Gasteiger partial charge in [0, 0.05) is 6.20 Å². The molecule has 0 spiro atoms. The Morgan fingerprint density at radius 2 is 1.83 bits per heavy atom. The van der Waals surface area contributed by atoms with Crippen molar-refractivity contribution in [2.75, 3.05) is 0 Å². The number of nitrogens with zero attached hydrogens (tertiary/aromatic N) is 2. The smallest absolute Gasteiger partial charge is 0.235 e. The number of ketones is 1. The van der Waals surface area contributed by atoms with Gasteiger partial charge in [0.25, 0.3) is 0 Å². The zero-order valence-corrected chi connectivity index (χ0v) is 14.2. The van der Waals surface area contributed by atoms with Gasteiger partial charge in [-0.2, -0.15) is 5.10 Å². The third-order valence-corrected chi connectivity index (χ3v) is 4.45. The second-order valence-electron chi connectivity index (χ2n) is 6.51. The third kappa shape index (κ3) is 2.55. The van der Waals surface area contributed by atoms with Gasteiger partial charge < -0.3 is 5.32 Å². The van der Waals surface area contributed by atoms with E-state index in [1.807, 2.05) is 26.0 Å². The third-order valence-electron chi connectivity index (χ3n) is 4.26. The molecule has 23 heavy (non-hydrogen) atoms. The van der Waals surface area contributed by atoms with E-state index in [-0.39, 0.29) is 11.7 Å². The van der Waals surface area contributed by atoms with E-state index < -0.39 is 11.5 Å². The molecule has 1 amide bonds.